The first-order chi connectivity index (χ1) is 7.23. The van der Waals surface area contributed by atoms with Gasteiger partial charge in [-0.2, -0.15) is 0 Å². The van der Waals surface area contributed by atoms with E-state index in [9.17, 15) is 14.4 Å². The number of esters is 2. The van der Waals surface area contributed by atoms with Crippen LogP contribution in [0.5, 0.6) is 0 Å². The summed E-state index contributed by atoms with van der Waals surface area (Å²) in [5.74, 6) is -1.99. The topological polar surface area (TPSA) is 69.7 Å². The summed E-state index contributed by atoms with van der Waals surface area (Å²) in [6, 6.07) is 0. The highest BCUT2D eigenvalue weighted by Crippen LogP contribution is 2.18. The van der Waals surface area contributed by atoms with Crippen molar-refractivity contribution in [1.82, 2.24) is 0 Å². The van der Waals surface area contributed by atoms with Crippen molar-refractivity contribution in [2.24, 2.45) is 11.3 Å². The Labute approximate surface area is 95.1 Å². The lowest BCUT2D eigenvalue weighted by Crippen LogP contribution is -2.38. The van der Waals surface area contributed by atoms with Gasteiger partial charge < -0.3 is 14.3 Å². The molecule has 0 aliphatic heterocycles. The molecule has 0 aromatic rings. The number of aldehydes is 1. The SMILES string of the molecule is COC(=O)C(OC(=O)C(C)(C)C)C(C)C=O. The minimum atomic E-state index is -1.17. The Morgan fingerprint density at radius 3 is 2.06 bits per heavy atom. The zero-order valence-corrected chi connectivity index (χ0v) is 10.3. The summed E-state index contributed by atoms with van der Waals surface area (Å²) in [7, 11) is 1.18. The Morgan fingerprint density at radius 2 is 1.75 bits per heavy atom. The lowest BCUT2D eigenvalue weighted by Gasteiger charge is -2.23. The molecule has 5 nitrogen and oxygen atoms in total. The highest BCUT2D eigenvalue weighted by molar-refractivity contribution is 5.84. The molecule has 0 bridgehead atoms. The van der Waals surface area contributed by atoms with Gasteiger partial charge in [0.15, 0.2) is 0 Å². The molecule has 0 rings (SSSR count). The summed E-state index contributed by atoms with van der Waals surface area (Å²) in [6.45, 7) is 6.48. The first-order valence-corrected chi connectivity index (χ1v) is 4.98. The number of carbonyl (C=O) groups is 3. The van der Waals surface area contributed by atoms with Crippen molar-refractivity contribution < 1.29 is 23.9 Å². The minimum absolute atomic E-state index is 0.545. The van der Waals surface area contributed by atoms with Gasteiger partial charge in [-0.15, -0.1) is 0 Å². The monoisotopic (exact) mass is 230 g/mol. The fourth-order valence-electron chi connectivity index (χ4n) is 0.850. The summed E-state index contributed by atoms with van der Waals surface area (Å²) >= 11 is 0. The Hall–Kier alpha value is -1.39. The number of methoxy groups -OCH3 is 1. The van der Waals surface area contributed by atoms with Gasteiger partial charge >= 0.3 is 11.9 Å². The normalized spacial score (nSPS) is 14.8. The third kappa shape index (κ3) is 4.00. The zero-order valence-electron chi connectivity index (χ0n) is 10.3. The molecule has 0 N–H and O–H groups in total. The summed E-state index contributed by atoms with van der Waals surface area (Å²) < 4.78 is 9.45. The summed E-state index contributed by atoms with van der Waals surface area (Å²) in [5, 5.41) is 0. The van der Waals surface area contributed by atoms with Gasteiger partial charge in [0.1, 0.15) is 6.29 Å². The van der Waals surface area contributed by atoms with Crippen molar-refractivity contribution in [2.75, 3.05) is 7.11 Å². The maximum Gasteiger partial charge on any atom is 0.347 e. The van der Waals surface area contributed by atoms with Gasteiger partial charge in [0.2, 0.25) is 6.10 Å². The van der Waals surface area contributed by atoms with Gasteiger partial charge in [0, 0.05) is 0 Å². The molecule has 0 aromatic heterocycles. The molecule has 0 radical (unpaired) electrons. The Bertz CT molecular complexity index is 277. The van der Waals surface area contributed by atoms with E-state index in [1.807, 2.05) is 0 Å². The summed E-state index contributed by atoms with van der Waals surface area (Å²) in [5.41, 5.74) is -0.727. The van der Waals surface area contributed by atoms with Crippen LogP contribution in [0.15, 0.2) is 0 Å². The van der Waals surface area contributed by atoms with E-state index in [-0.39, 0.29) is 0 Å². The van der Waals surface area contributed by atoms with E-state index in [4.69, 9.17) is 4.74 Å². The van der Waals surface area contributed by atoms with E-state index >= 15 is 0 Å². The number of hydrogen-bond acceptors (Lipinski definition) is 5. The zero-order chi connectivity index (χ0) is 12.9. The van der Waals surface area contributed by atoms with Gasteiger partial charge in [-0.05, 0) is 20.8 Å². The molecule has 0 saturated carbocycles. The molecule has 0 amide bonds. The highest BCUT2D eigenvalue weighted by atomic mass is 16.6. The maximum atomic E-state index is 11.6. The van der Waals surface area contributed by atoms with Crippen LogP contribution in [-0.2, 0) is 23.9 Å². The molecule has 0 saturated heterocycles. The van der Waals surface area contributed by atoms with E-state index in [0.717, 1.165) is 0 Å². The van der Waals surface area contributed by atoms with Crippen LogP contribution in [0.25, 0.3) is 0 Å². The van der Waals surface area contributed by atoms with Crippen LogP contribution in [0.2, 0.25) is 0 Å². The molecule has 16 heavy (non-hydrogen) atoms. The van der Waals surface area contributed by atoms with Crippen molar-refractivity contribution >= 4 is 18.2 Å². The van der Waals surface area contributed by atoms with Crippen LogP contribution in [0.1, 0.15) is 27.7 Å². The predicted octanol–water partition coefficient (Wildman–Crippen LogP) is 0.952. The third-order valence-electron chi connectivity index (χ3n) is 1.97. The summed E-state index contributed by atoms with van der Waals surface area (Å²) in [4.78, 5) is 33.5. The van der Waals surface area contributed by atoms with Gasteiger partial charge in [0.05, 0.1) is 18.4 Å². The third-order valence-corrected chi connectivity index (χ3v) is 1.97. The molecule has 5 heteroatoms. The number of ether oxygens (including phenoxy) is 2. The highest BCUT2D eigenvalue weighted by Gasteiger charge is 2.33. The molecule has 0 heterocycles. The smallest absolute Gasteiger partial charge is 0.347 e. The second kappa shape index (κ2) is 5.63. The Morgan fingerprint density at radius 1 is 1.25 bits per heavy atom. The van der Waals surface area contributed by atoms with E-state index < -0.39 is 29.4 Å². The largest absolute Gasteiger partial charge is 0.466 e. The fourth-order valence-corrected chi connectivity index (χ4v) is 0.850. The van der Waals surface area contributed by atoms with E-state index in [2.05, 4.69) is 4.74 Å². The number of rotatable bonds is 4. The molecular weight excluding hydrogens is 212 g/mol. The molecule has 2 unspecified atom stereocenters. The molecule has 0 fully saturated rings. The maximum absolute atomic E-state index is 11.6. The standard InChI is InChI=1S/C11H18O5/c1-7(6-12)8(9(13)15-5)16-10(14)11(2,3)4/h6-8H,1-5H3. The lowest BCUT2D eigenvalue weighted by molar-refractivity contribution is -0.175. The van der Waals surface area contributed by atoms with Crippen LogP contribution in [-0.4, -0.2) is 31.4 Å². The van der Waals surface area contributed by atoms with Crippen LogP contribution in [0.4, 0.5) is 0 Å². The molecular formula is C11H18O5. The van der Waals surface area contributed by atoms with Gasteiger partial charge in [-0.3, -0.25) is 4.79 Å². The second-order valence-corrected chi connectivity index (χ2v) is 4.59. The van der Waals surface area contributed by atoms with Gasteiger partial charge in [-0.25, -0.2) is 4.79 Å². The summed E-state index contributed by atoms with van der Waals surface area (Å²) in [6.07, 6.45) is -0.619. The van der Waals surface area contributed by atoms with Crippen molar-refractivity contribution in [3.8, 4) is 0 Å². The van der Waals surface area contributed by atoms with E-state index in [0.29, 0.717) is 6.29 Å². The van der Waals surface area contributed by atoms with Crippen molar-refractivity contribution in [1.29, 1.82) is 0 Å². The molecule has 0 aromatic carbocycles. The first kappa shape index (κ1) is 14.6. The quantitative estimate of drug-likeness (QED) is 0.531. The number of carbonyl (C=O) groups excluding carboxylic acids is 3. The van der Waals surface area contributed by atoms with Gasteiger partial charge in [-0.1, -0.05) is 6.92 Å². The molecule has 2 atom stereocenters. The van der Waals surface area contributed by atoms with Crippen molar-refractivity contribution in [3.63, 3.8) is 0 Å². The first-order valence-electron chi connectivity index (χ1n) is 4.98. The average Bonchev–Trinajstić information content (AvgIpc) is 2.21. The van der Waals surface area contributed by atoms with Gasteiger partial charge in [0.25, 0.3) is 0 Å². The Balaban J connectivity index is 4.75. The van der Waals surface area contributed by atoms with Crippen LogP contribution in [0.3, 0.4) is 0 Å². The van der Waals surface area contributed by atoms with Crippen LogP contribution < -0.4 is 0 Å². The second-order valence-electron chi connectivity index (χ2n) is 4.59. The lowest BCUT2D eigenvalue weighted by atomic mass is 9.97. The fraction of sp³-hybridized carbons (Fsp3) is 0.727. The van der Waals surface area contributed by atoms with E-state index in [1.54, 1.807) is 20.8 Å². The van der Waals surface area contributed by atoms with E-state index in [1.165, 1.54) is 14.0 Å². The average molecular weight is 230 g/mol. The molecule has 0 aliphatic carbocycles. The van der Waals surface area contributed by atoms with Crippen molar-refractivity contribution in [2.45, 2.75) is 33.8 Å². The number of hydrogen-bond donors (Lipinski definition) is 0. The molecule has 0 aliphatic rings. The van der Waals surface area contributed by atoms with Crippen molar-refractivity contribution in [3.05, 3.63) is 0 Å². The minimum Gasteiger partial charge on any atom is -0.466 e. The molecule has 0 spiro atoms. The van der Waals surface area contributed by atoms with Crippen LogP contribution >= 0.6 is 0 Å². The predicted molar refractivity (Wildman–Crippen MR) is 56.6 cm³/mol. The Kier molecular flexibility index (Phi) is 5.14. The van der Waals surface area contributed by atoms with Crippen LogP contribution in [0, 0.1) is 11.3 Å². The molecule has 92 valence electrons.